The normalized spacial score (nSPS) is 13.5. The van der Waals surface area contributed by atoms with Crippen LogP contribution in [0, 0.1) is 5.41 Å². The summed E-state index contributed by atoms with van der Waals surface area (Å²) >= 11 is 0. The van der Waals surface area contributed by atoms with Gasteiger partial charge in [0.15, 0.2) is 0 Å². The summed E-state index contributed by atoms with van der Waals surface area (Å²) in [4.78, 5) is 11.6. The summed E-state index contributed by atoms with van der Waals surface area (Å²) in [6.07, 6.45) is 4.28. The van der Waals surface area contributed by atoms with Crippen molar-refractivity contribution in [3.05, 3.63) is 0 Å². The Bertz CT molecular complexity index is 212. The first-order valence-corrected chi connectivity index (χ1v) is 6.51. The molecule has 0 aliphatic heterocycles. The first-order chi connectivity index (χ1) is 7.88. The molecule has 1 atom stereocenters. The number of aliphatic hydroxyl groups excluding tert-OH is 1. The molecule has 0 saturated carbocycles. The zero-order valence-corrected chi connectivity index (χ0v) is 11.5. The summed E-state index contributed by atoms with van der Waals surface area (Å²) < 4.78 is 0. The second-order valence-corrected chi connectivity index (χ2v) is 5.66. The summed E-state index contributed by atoms with van der Waals surface area (Å²) in [5.74, 6) is 0.0367. The van der Waals surface area contributed by atoms with Crippen LogP contribution in [-0.4, -0.2) is 30.2 Å². The largest absolute Gasteiger partial charge is 0.396 e. The van der Waals surface area contributed by atoms with E-state index in [4.69, 9.17) is 10.8 Å². The van der Waals surface area contributed by atoms with E-state index in [-0.39, 0.29) is 24.0 Å². The zero-order valence-electron chi connectivity index (χ0n) is 11.5. The quantitative estimate of drug-likeness (QED) is 0.565. The first-order valence-electron chi connectivity index (χ1n) is 6.51. The average Bonchev–Trinajstić information content (AvgIpc) is 2.21. The number of aliphatic hydroxyl groups is 1. The molecule has 0 aromatic rings. The van der Waals surface area contributed by atoms with Crippen LogP contribution in [-0.2, 0) is 4.79 Å². The third-order valence-corrected chi connectivity index (χ3v) is 2.92. The van der Waals surface area contributed by atoms with Crippen molar-refractivity contribution in [1.29, 1.82) is 0 Å². The predicted molar refractivity (Wildman–Crippen MR) is 70.6 cm³/mol. The number of rotatable bonds is 8. The minimum Gasteiger partial charge on any atom is -0.396 e. The number of hydrogen-bond acceptors (Lipinski definition) is 3. The van der Waals surface area contributed by atoms with E-state index in [1.165, 1.54) is 0 Å². The summed E-state index contributed by atoms with van der Waals surface area (Å²) in [6.45, 7) is 7.09. The lowest BCUT2D eigenvalue weighted by molar-refractivity contribution is -0.121. The molecule has 4 heteroatoms. The molecule has 0 aromatic heterocycles. The molecule has 0 saturated heterocycles. The van der Waals surface area contributed by atoms with Gasteiger partial charge in [-0.2, -0.15) is 0 Å². The van der Waals surface area contributed by atoms with Crippen LogP contribution in [0.5, 0.6) is 0 Å². The number of carbonyl (C=O) groups is 1. The summed E-state index contributed by atoms with van der Waals surface area (Å²) in [5.41, 5.74) is 5.90. The number of nitrogens with two attached hydrogens (primary N) is 1. The number of carbonyl (C=O) groups excluding carboxylic acids is 1. The fraction of sp³-hybridized carbons (Fsp3) is 0.923. The van der Waals surface area contributed by atoms with E-state index in [1.807, 2.05) is 20.8 Å². The smallest absolute Gasteiger partial charge is 0.221 e. The van der Waals surface area contributed by atoms with Gasteiger partial charge in [-0.05, 0) is 18.3 Å². The minimum atomic E-state index is -0.100. The molecule has 0 aliphatic carbocycles. The van der Waals surface area contributed by atoms with Gasteiger partial charge >= 0.3 is 0 Å². The molecule has 4 N–H and O–H groups in total. The van der Waals surface area contributed by atoms with Crippen LogP contribution >= 0.6 is 0 Å². The number of nitrogens with one attached hydrogen (secondary N) is 1. The molecule has 0 spiro atoms. The lowest BCUT2D eigenvalue weighted by Gasteiger charge is -2.26. The van der Waals surface area contributed by atoms with E-state index in [0.717, 1.165) is 25.7 Å². The summed E-state index contributed by atoms with van der Waals surface area (Å²) in [7, 11) is 0. The van der Waals surface area contributed by atoms with Crippen molar-refractivity contribution in [3.63, 3.8) is 0 Å². The van der Waals surface area contributed by atoms with Gasteiger partial charge < -0.3 is 16.2 Å². The molecule has 0 bridgehead atoms. The van der Waals surface area contributed by atoms with Crippen molar-refractivity contribution >= 4 is 5.91 Å². The Labute approximate surface area is 105 Å². The summed E-state index contributed by atoms with van der Waals surface area (Å²) in [6, 6.07) is -0.100. The first kappa shape index (κ1) is 16.4. The van der Waals surface area contributed by atoms with E-state index >= 15 is 0 Å². The Morgan fingerprint density at radius 2 is 1.82 bits per heavy atom. The van der Waals surface area contributed by atoms with Gasteiger partial charge in [-0.25, -0.2) is 0 Å². The molecule has 0 radical (unpaired) electrons. The highest BCUT2D eigenvalue weighted by Gasteiger charge is 2.22. The topological polar surface area (TPSA) is 75.4 Å². The molecule has 1 amide bonds. The van der Waals surface area contributed by atoms with Crippen molar-refractivity contribution < 1.29 is 9.90 Å². The Hall–Kier alpha value is -0.610. The van der Waals surface area contributed by atoms with E-state index in [0.29, 0.717) is 13.0 Å². The van der Waals surface area contributed by atoms with Gasteiger partial charge in [0.25, 0.3) is 0 Å². The van der Waals surface area contributed by atoms with Crippen LogP contribution < -0.4 is 11.1 Å². The van der Waals surface area contributed by atoms with Crippen LogP contribution in [0.15, 0.2) is 0 Å². The molecule has 0 rings (SSSR count). The maximum absolute atomic E-state index is 11.6. The highest BCUT2D eigenvalue weighted by atomic mass is 16.2. The van der Waals surface area contributed by atoms with Crippen molar-refractivity contribution in [2.75, 3.05) is 13.2 Å². The van der Waals surface area contributed by atoms with Gasteiger partial charge in [0, 0.05) is 25.6 Å². The molecule has 17 heavy (non-hydrogen) atoms. The second-order valence-electron chi connectivity index (χ2n) is 5.66. The van der Waals surface area contributed by atoms with Crippen LogP contribution in [0.2, 0.25) is 0 Å². The number of unbranched alkanes of at least 4 members (excludes halogenated alkanes) is 3. The Morgan fingerprint density at radius 1 is 1.24 bits per heavy atom. The molecule has 102 valence electrons. The maximum atomic E-state index is 11.6. The van der Waals surface area contributed by atoms with Crippen molar-refractivity contribution in [2.45, 2.75) is 58.9 Å². The maximum Gasteiger partial charge on any atom is 0.221 e. The number of hydrogen-bond donors (Lipinski definition) is 3. The van der Waals surface area contributed by atoms with E-state index in [2.05, 4.69) is 5.32 Å². The molecular formula is C13H28N2O2. The van der Waals surface area contributed by atoms with Gasteiger partial charge in [-0.1, -0.05) is 33.6 Å². The molecule has 4 nitrogen and oxygen atoms in total. The highest BCUT2D eigenvalue weighted by molar-refractivity contribution is 5.76. The van der Waals surface area contributed by atoms with Crippen molar-refractivity contribution in [1.82, 2.24) is 5.32 Å². The molecule has 1 unspecified atom stereocenters. The lowest BCUT2D eigenvalue weighted by Crippen LogP contribution is -2.40. The fourth-order valence-electron chi connectivity index (χ4n) is 1.40. The van der Waals surface area contributed by atoms with Gasteiger partial charge in [-0.3, -0.25) is 4.79 Å². The average molecular weight is 244 g/mol. The monoisotopic (exact) mass is 244 g/mol. The standard InChI is InChI=1S/C13H28N2O2/c1-13(2,3)11(14)10-12(17)15-8-6-4-5-7-9-16/h11,16H,4-10,14H2,1-3H3,(H,15,17). The van der Waals surface area contributed by atoms with E-state index < -0.39 is 0 Å². The fourth-order valence-corrected chi connectivity index (χ4v) is 1.40. The van der Waals surface area contributed by atoms with Gasteiger partial charge in [-0.15, -0.1) is 0 Å². The van der Waals surface area contributed by atoms with Crippen molar-refractivity contribution in [3.8, 4) is 0 Å². The van der Waals surface area contributed by atoms with Crippen LogP contribution in [0.1, 0.15) is 52.9 Å². The zero-order chi connectivity index (χ0) is 13.3. The molecular weight excluding hydrogens is 216 g/mol. The predicted octanol–water partition coefficient (Wildman–Crippen LogP) is 1.42. The SMILES string of the molecule is CC(C)(C)C(N)CC(=O)NCCCCCCO. The minimum absolute atomic E-state index is 0.0293. The Kier molecular flexibility index (Phi) is 8.17. The van der Waals surface area contributed by atoms with E-state index in [9.17, 15) is 4.79 Å². The second kappa shape index (κ2) is 8.48. The van der Waals surface area contributed by atoms with E-state index in [1.54, 1.807) is 0 Å². The van der Waals surface area contributed by atoms with Crippen LogP contribution in [0.3, 0.4) is 0 Å². The van der Waals surface area contributed by atoms with Gasteiger partial charge in [0.05, 0.1) is 0 Å². The molecule has 0 fully saturated rings. The lowest BCUT2D eigenvalue weighted by atomic mass is 9.85. The molecule has 0 heterocycles. The van der Waals surface area contributed by atoms with Gasteiger partial charge in [0.1, 0.15) is 0 Å². The van der Waals surface area contributed by atoms with Crippen LogP contribution in [0.4, 0.5) is 0 Å². The van der Waals surface area contributed by atoms with Crippen LogP contribution in [0.25, 0.3) is 0 Å². The molecule has 0 aliphatic rings. The Morgan fingerprint density at radius 3 is 2.35 bits per heavy atom. The van der Waals surface area contributed by atoms with Gasteiger partial charge in [0.2, 0.25) is 5.91 Å². The highest BCUT2D eigenvalue weighted by Crippen LogP contribution is 2.19. The van der Waals surface area contributed by atoms with Crippen molar-refractivity contribution in [2.24, 2.45) is 11.1 Å². The molecule has 0 aromatic carbocycles. The third kappa shape index (κ3) is 9.12. The summed E-state index contributed by atoms with van der Waals surface area (Å²) in [5, 5.41) is 11.5. The number of amides is 1. The Balaban J connectivity index is 3.53. The third-order valence-electron chi connectivity index (χ3n) is 2.92.